The van der Waals surface area contributed by atoms with Crippen molar-refractivity contribution in [3.8, 4) is 5.75 Å². The maximum absolute atomic E-state index is 11.8. The Hall–Kier alpha value is -2.02. The van der Waals surface area contributed by atoms with E-state index < -0.39 is 6.10 Å². The van der Waals surface area contributed by atoms with E-state index in [1.807, 2.05) is 54.6 Å². The molecule has 0 aliphatic rings. The van der Waals surface area contributed by atoms with Gasteiger partial charge in [-0.25, -0.2) is 0 Å². The van der Waals surface area contributed by atoms with E-state index in [0.717, 1.165) is 16.2 Å². The molecule has 0 aromatic heterocycles. The van der Waals surface area contributed by atoms with Gasteiger partial charge in [0.1, 0.15) is 5.75 Å². The Balaban J connectivity index is 1.58. The van der Waals surface area contributed by atoms with Gasteiger partial charge in [-0.15, -0.1) is 11.8 Å². The predicted octanol–water partition coefficient (Wildman–Crippen LogP) is 2.48. The van der Waals surface area contributed by atoms with Crippen LogP contribution in [0.25, 0.3) is 0 Å². The van der Waals surface area contributed by atoms with Crippen LogP contribution in [-0.4, -0.2) is 43.1 Å². The lowest BCUT2D eigenvalue weighted by Crippen LogP contribution is -2.35. The number of methoxy groups -OCH3 is 1. The van der Waals surface area contributed by atoms with Crippen molar-refractivity contribution in [3.63, 3.8) is 0 Å². The van der Waals surface area contributed by atoms with Gasteiger partial charge in [0.15, 0.2) is 0 Å². The number of nitrogens with one attached hydrogen (secondary N) is 1. The second-order valence-electron chi connectivity index (χ2n) is 5.42. The Bertz CT molecular complexity index is 634. The first-order valence-electron chi connectivity index (χ1n) is 8.00. The molecule has 0 aliphatic carbocycles. The zero-order valence-corrected chi connectivity index (χ0v) is 15.0. The molecule has 1 unspecified atom stereocenters. The first kappa shape index (κ1) is 19.3. The van der Waals surface area contributed by atoms with Gasteiger partial charge in [0.25, 0.3) is 0 Å². The summed E-state index contributed by atoms with van der Waals surface area (Å²) >= 11 is 1.46. The van der Waals surface area contributed by atoms with Gasteiger partial charge in [0.05, 0.1) is 32.2 Å². The Kier molecular flexibility index (Phi) is 8.31. The largest absolute Gasteiger partial charge is 0.497 e. The lowest BCUT2D eigenvalue weighted by molar-refractivity contribution is -0.119. The van der Waals surface area contributed by atoms with Gasteiger partial charge in [-0.05, 0) is 29.8 Å². The minimum Gasteiger partial charge on any atom is -0.497 e. The Labute approximate surface area is 152 Å². The number of carbonyl (C=O) groups is 1. The van der Waals surface area contributed by atoms with Gasteiger partial charge in [0.2, 0.25) is 5.91 Å². The van der Waals surface area contributed by atoms with E-state index in [-0.39, 0.29) is 19.1 Å². The molecule has 6 heteroatoms. The van der Waals surface area contributed by atoms with Crippen LogP contribution < -0.4 is 10.1 Å². The molecular formula is C19H23NO4S. The molecule has 5 nitrogen and oxygen atoms in total. The van der Waals surface area contributed by atoms with Gasteiger partial charge in [-0.3, -0.25) is 4.79 Å². The normalized spacial score (nSPS) is 11.8. The number of amides is 1. The molecule has 0 saturated carbocycles. The monoisotopic (exact) mass is 361 g/mol. The Morgan fingerprint density at radius 1 is 1.16 bits per heavy atom. The SMILES string of the molecule is COc1ccc(COCC(O)CNC(=O)CSc2ccccc2)cc1. The number of hydrogen-bond acceptors (Lipinski definition) is 5. The zero-order chi connectivity index (χ0) is 17.9. The van der Waals surface area contributed by atoms with Crippen LogP contribution in [0.15, 0.2) is 59.5 Å². The molecule has 0 aliphatic heterocycles. The highest BCUT2D eigenvalue weighted by Gasteiger charge is 2.08. The fraction of sp³-hybridized carbons (Fsp3) is 0.316. The zero-order valence-electron chi connectivity index (χ0n) is 14.2. The van der Waals surface area contributed by atoms with Gasteiger partial charge < -0.3 is 19.9 Å². The topological polar surface area (TPSA) is 67.8 Å². The van der Waals surface area contributed by atoms with E-state index in [1.165, 1.54) is 11.8 Å². The predicted molar refractivity (Wildman–Crippen MR) is 98.8 cm³/mol. The second-order valence-corrected chi connectivity index (χ2v) is 6.47. The van der Waals surface area contributed by atoms with E-state index in [1.54, 1.807) is 7.11 Å². The number of aliphatic hydroxyl groups is 1. The number of carbonyl (C=O) groups excluding carboxylic acids is 1. The Morgan fingerprint density at radius 2 is 1.88 bits per heavy atom. The van der Waals surface area contributed by atoms with Crippen LogP contribution in [0.2, 0.25) is 0 Å². The highest BCUT2D eigenvalue weighted by Crippen LogP contribution is 2.16. The maximum atomic E-state index is 11.8. The molecule has 0 bridgehead atoms. The van der Waals surface area contributed by atoms with E-state index >= 15 is 0 Å². The molecule has 2 aromatic rings. The summed E-state index contributed by atoms with van der Waals surface area (Å²) in [6.45, 7) is 0.744. The van der Waals surface area contributed by atoms with Crippen LogP contribution in [0.5, 0.6) is 5.75 Å². The summed E-state index contributed by atoms with van der Waals surface area (Å²) in [6.07, 6.45) is -0.732. The van der Waals surface area contributed by atoms with Crippen molar-refractivity contribution in [2.75, 3.05) is 26.0 Å². The van der Waals surface area contributed by atoms with Crippen molar-refractivity contribution < 1.29 is 19.4 Å². The van der Waals surface area contributed by atoms with Crippen molar-refractivity contribution in [1.82, 2.24) is 5.32 Å². The quantitative estimate of drug-likeness (QED) is 0.637. The standard InChI is InChI=1S/C19H23NO4S/c1-23-17-9-7-15(8-10-17)12-24-13-16(21)11-20-19(22)14-25-18-5-3-2-4-6-18/h2-10,16,21H,11-14H2,1H3,(H,20,22). The van der Waals surface area contributed by atoms with Gasteiger partial charge in [-0.2, -0.15) is 0 Å². The molecule has 1 atom stereocenters. The molecule has 25 heavy (non-hydrogen) atoms. The molecule has 2 aromatic carbocycles. The summed E-state index contributed by atoms with van der Waals surface area (Å²) in [6, 6.07) is 17.3. The summed E-state index contributed by atoms with van der Waals surface area (Å²) in [5.74, 6) is 1.01. The maximum Gasteiger partial charge on any atom is 0.230 e. The molecule has 2 N–H and O–H groups in total. The van der Waals surface area contributed by atoms with Crippen molar-refractivity contribution >= 4 is 17.7 Å². The molecular weight excluding hydrogens is 338 g/mol. The van der Waals surface area contributed by atoms with Gasteiger partial charge in [0, 0.05) is 11.4 Å². The number of rotatable bonds is 10. The highest BCUT2D eigenvalue weighted by molar-refractivity contribution is 8.00. The second kappa shape index (κ2) is 10.8. The lowest BCUT2D eigenvalue weighted by Gasteiger charge is -2.12. The minimum absolute atomic E-state index is 0.108. The van der Waals surface area contributed by atoms with Crippen molar-refractivity contribution in [2.45, 2.75) is 17.6 Å². The van der Waals surface area contributed by atoms with E-state index in [0.29, 0.717) is 12.4 Å². The third-order valence-electron chi connectivity index (χ3n) is 3.39. The van der Waals surface area contributed by atoms with Crippen LogP contribution in [0.3, 0.4) is 0 Å². The third kappa shape index (κ3) is 7.60. The van der Waals surface area contributed by atoms with Crippen molar-refractivity contribution in [1.29, 1.82) is 0 Å². The third-order valence-corrected chi connectivity index (χ3v) is 4.40. The average molecular weight is 361 g/mol. The minimum atomic E-state index is -0.732. The molecule has 0 radical (unpaired) electrons. The number of aliphatic hydroxyl groups excluding tert-OH is 1. The number of hydrogen-bond donors (Lipinski definition) is 2. The first-order chi connectivity index (χ1) is 12.2. The fourth-order valence-electron chi connectivity index (χ4n) is 2.04. The first-order valence-corrected chi connectivity index (χ1v) is 8.99. The van der Waals surface area contributed by atoms with Gasteiger partial charge in [-0.1, -0.05) is 30.3 Å². The van der Waals surface area contributed by atoms with Crippen LogP contribution in [-0.2, 0) is 16.1 Å². The molecule has 134 valence electrons. The molecule has 0 spiro atoms. The summed E-state index contributed by atoms with van der Waals surface area (Å²) in [5.41, 5.74) is 0.997. The van der Waals surface area contributed by atoms with Crippen LogP contribution in [0.4, 0.5) is 0 Å². The Morgan fingerprint density at radius 3 is 2.56 bits per heavy atom. The summed E-state index contributed by atoms with van der Waals surface area (Å²) in [5, 5.41) is 12.6. The van der Waals surface area contributed by atoms with Crippen LogP contribution in [0.1, 0.15) is 5.56 Å². The number of benzene rings is 2. The summed E-state index contributed by atoms with van der Waals surface area (Å²) < 4.78 is 10.6. The number of thioether (sulfide) groups is 1. The van der Waals surface area contributed by atoms with E-state index in [9.17, 15) is 9.90 Å². The average Bonchev–Trinajstić information content (AvgIpc) is 2.66. The molecule has 0 fully saturated rings. The van der Waals surface area contributed by atoms with E-state index in [4.69, 9.17) is 9.47 Å². The van der Waals surface area contributed by atoms with E-state index in [2.05, 4.69) is 5.32 Å². The van der Waals surface area contributed by atoms with Crippen LogP contribution in [0, 0.1) is 0 Å². The number of ether oxygens (including phenoxy) is 2. The van der Waals surface area contributed by atoms with Gasteiger partial charge >= 0.3 is 0 Å². The molecule has 0 heterocycles. The fourth-order valence-corrected chi connectivity index (χ4v) is 2.79. The van der Waals surface area contributed by atoms with Crippen molar-refractivity contribution in [3.05, 3.63) is 60.2 Å². The summed E-state index contributed by atoms with van der Waals surface area (Å²) in [4.78, 5) is 12.8. The molecule has 1 amide bonds. The smallest absolute Gasteiger partial charge is 0.230 e. The molecule has 0 saturated heterocycles. The molecule has 2 rings (SSSR count). The summed E-state index contributed by atoms with van der Waals surface area (Å²) in [7, 11) is 1.62. The van der Waals surface area contributed by atoms with Crippen molar-refractivity contribution in [2.24, 2.45) is 0 Å². The lowest BCUT2D eigenvalue weighted by atomic mass is 10.2. The highest BCUT2D eigenvalue weighted by atomic mass is 32.2. The van der Waals surface area contributed by atoms with Crippen LogP contribution >= 0.6 is 11.8 Å².